The summed E-state index contributed by atoms with van der Waals surface area (Å²) in [6.45, 7) is 0. The van der Waals surface area contributed by atoms with Crippen molar-refractivity contribution >= 4 is 11.7 Å². The smallest absolute Gasteiger partial charge is 0.338 e. The summed E-state index contributed by atoms with van der Waals surface area (Å²) in [5.74, 6) is -0.502. The largest absolute Gasteiger partial charge is 0.496 e. The van der Waals surface area contributed by atoms with E-state index in [4.69, 9.17) is 10.5 Å². The molecule has 2 aromatic rings. The summed E-state index contributed by atoms with van der Waals surface area (Å²) >= 11 is 0. The van der Waals surface area contributed by atoms with Crippen LogP contribution in [0.1, 0.15) is 21.5 Å². The van der Waals surface area contributed by atoms with Crippen molar-refractivity contribution in [1.29, 1.82) is 0 Å². The minimum atomic E-state index is -1.04. The molecule has 0 saturated carbocycles. The number of aromatic carboxylic acids is 1. The summed E-state index contributed by atoms with van der Waals surface area (Å²) in [7, 11) is 1.52. The Morgan fingerprint density at radius 2 is 1.89 bits per heavy atom. The van der Waals surface area contributed by atoms with Gasteiger partial charge in [-0.3, -0.25) is 0 Å². The maximum atomic E-state index is 11.4. The zero-order valence-electron chi connectivity index (χ0n) is 10.6. The minimum absolute atomic E-state index is 0.114. The second kappa shape index (κ2) is 5.44. The van der Waals surface area contributed by atoms with E-state index in [1.165, 1.54) is 7.11 Å². The molecule has 4 heteroatoms. The van der Waals surface area contributed by atoms with Gasteiger partial charge in [0.05, 0.1) is 12.7 Å². The van der Waals surface area contributed by atoms with Gasteiger partial charge < -0.3 is 15.6 Å². The van der Waals surface area contributed by atoms with Crippen LogP contribution in [0.2, 0.25) is 0 Å². The van der Waals surface area contributed by atoms with Crippen LogP contribution in [0.25, 0.3) is 0 Å². The van der Waals surface area contributed by atoms with E-state index in [9.17, 15) is 9.90 Å². The first-order valence-electron chi connectivity index (χ1n) is 5.86. The molecule has 0 bridgehead atoms. The molecule has 0 fully saturated rings. The highest BCUT2D eigenvalue weighted by Gasteiger charge is 2.18. The highest BCUT2D eigenvalue weighted by atomic mass is 16.5. The van der Waals surface area contributed by atoms with E-state index in [-0.39, 0.29) is 11.3 Å². The molecule has 4 nitrogen and oxygen atoms in total. The summed E-state index contributed by atoms with van der Waals surface area (Å²) in [6, 6.07) is 12.9. The summed E-state index contributed by atoms with van der Waals surface area (Å²) in [4.78, 5) is 11.4. The number of carboxylic acids is 1. The molecule has 0 atom stereocenters. The van der Waals surface area contributed by atoms with Gasteiger partial charge in [0.25, 0.3) is 0 Å². The molecule has 3 N–H and O–H groups in total. The molecule has 0 aliphatic carbocycles. The van der Waals surface area contributed by atoms with Crippen LogP contribution in [-0.4, -0.2) is 18.2 Å². The van der Waals surface area contributed by atoms with Crippen LogP contribution in [-0.2, 0) is 6.42 Å². The maximum Gasteiger partial charge on any atom is 0.338 e. The van der Waals surface area contributed by atoms with E-state index in [1.807, 2.05) is 30.3 Å². The molecule has 0 heterocycles. The van der Waals surface area contributed by atoms with Gasteiger partial charge in [-0.1, -0.05) is 30.3 Å². The average Bonchev–Trinajstić information content (AvgIpc) is 2.40. The van der Waals surface area contributed by atoms with Crippen molar-refractivity contribution in [3.63, 3.8) is 0 Å². The Morgan fingerprint density at radius 3 is 2.47 bits per heavy atom. The summed E-state index contributed by atoms with van der Waals surface area (Å²) in [6.07, 6.45) is 0.469. The molecule has 2 rings (SSSR count). The van der Waals surface area contributed by atoms with Crippen LogP contribution in [0.15, 0.2) is 42.5 Å². The number of ether oxygens (including phenoxy) is 1. The number of hydrogen-bond donors (Lipinski definition) is 2. The van der Waals surface area contributed by atoms with Gasteiger partial charge in [0.1, 0.15) is 5.75 Å². The van der Waals surface area contributed by atoms with Gasteiger partial charge in [-0.15, -0.1) is 0 Å². The van der Waals surface area contributed by atoms with Crippen molar-refractivity contribution < 1.29 is 14.6 Å². The van der Waals surface area contributed by atoms with E-state index >= 15 is 0 Å². The Labute approximate surface area is 111 Å². The molecule has 0 radical (unpaired) electrons. The van der Waals surface area contributed by atoms with Gasteiger partial charge >= 0.3 is 5.97 Å². The monoisotopic (exact) mass is 257 g/mol. The molecular weight excluding hydrogens is 242 g/mol. The van der Waals surface area contributed by atoms with Gasteiger partial charge in [0.2, 0.25) is 0 Å². The van der Waals surface area contributed by atoms with Crippen molar-refractivity contribution in [1.82, 2.24) is 0 Å². The van der Waals surface area contributed by atoms with E-state index < -0.39 is 5.97 Å². The number of nitrogens with two attached hydrogens (primary N) is 1. The maximum absolute atomic E-state index is 11.4. The number of carbonyl (C=O) groups is 1. The fourth-order valence-electron chi connectivity index (χ4n) is 2.07. The first-order chi connectivity index (χ1) is 9.13. The zero-order valence-corrected chi connectivity index (χ0v) is 10.6. The molecule has 0 aliphatic heterocycles. The second-order valence-corrected chi connectivity index (χ2v) is 4.18. The molecule has 0 unspecified atom stereocenters. The predicted octanol–water partition coefficient (Wildman–Crippen LogP) is 2.57. The molecule has 2 aromatic carbocycles. The normalized spacial score (nSPS) is 10.2. The van der Waals surface area contributed by atoms with Gasteiger partial charge in [-0.2, -0.15) is 0 Å². The lowest BCUT2D eigenvalue weighted by Gasteiger charge is -2.13. The third-order valence-corrected chi connectivity index (χ3v) is 2.96. The molecule has 0 aromatic heterocycles. The summed E-state index contributed by atoms with van der Waals surface area (Å²) in [5.41, 5.74) is 7.73. The molecule has 0 amide bonds. The molecule has 19 heavy (non-hydrogen) atoms. The van der Waals surface area contributed by atoms with E-state index in [1.54, 1.807) is 12.1 Å². The van der Waals surface area contributed by atoms with Gasteiger partial charge in [-0.05, 0) is 17.7 Å². The Morgan fingerprint density at radius 1 is 1.21 bits per heavy atom. The van der Waals surface area contributed by atoms with Gasteiger partial charge in [0.15, 0.2) is 0 Å². The van der Waals surface area contributed by atoms with Gasteiger partial charge in [-0.25, -0.2) is 4.79 Å². The SMILES string of the molecule is COc1ccc(N)c(C(=O)O)c1Cc1ccccc1. The summed E-state index contributed by atoms with van der Waals surface area (Å²) in [5, 5.41) is 9.31. The van der Waals surface area contributed by atoms with Crippen LogP contribution in [0.3, 0.4) is 0 Å². The Kier molecular flexibility index (Phi) is 3.71. The van der Waals surface area contributed by atoms with E-state index in [0.29, 0.717) is 17.7 Å². The van der Waals surface area contributed by atoms with Gasteiger partial charge in [0, 0.05) is 17.7 Å². The van der Waals surface area contributed by atoms with Crippen molar-refractivity contribution in [2.45, 2.75) is 6.42 Å². The van der Waals surface area contributed by atoms with Crippen molar-refractivity contribution in [3.05, 3.63) is 59.2 Å². The van der Waals surface area contributed by atoms with E-state index in [0.717, 1.165) is 5.56 Å². The van der Waals surface area contributed by atoms with Crippen molar-refractivity contribution in [2.24, 2.45) is 0 Å². The Bertz CT molecular complexity index is 594. The number of rotatable bonds is 4. The molecule has 0 saturated heterocycles. The lowest BCUT2D eigenvalue weighted by Crippen LogP contribution is -2.09. The van der Waals surface area contributed by atoms with Crippen LogP contribution in [0.4, 0.5) is 5.69 Å². The highest BCUT2D eigenvalue weighted by molar-refractivity contribution is 5.96. The summed E-state index contributed by atoms with van der Waals surface area (Å²) < 4.78 is 5.24. The third-order valence-electron chi connectivity index (χ3n) is 2.96. The molecular formula is C15H15NO3. The average molecular weight is 257 g/mol. The number of hydrogen-bond acceptors (Lipinski definition) is 3. The topological polar surface area (TPSA) is 72.5 Å². The lowest BCUT2D eigenvalue weighted by molar-refractivity contribution is 0.0696. The number of anilines is 1. The zero-order chi connectivity index (χ0) is 13.8. The Hall–Kier alpha value is -2.49. The predicted molar refractivity (Wildman–Crippen MR) is 73.6 cm³/mol. The second-order valence-electron chi connectivity index (χ2n) is 4.18. The fourth-order valence-corrected chi connectivity index (χ4v) is 2.07. The molecule has 98 valence electrons. The molecule has 0 spiro atoms. The molecule has 0 aliphatic rings. The van der Waals surface area contributed by atoms with Crippen molar-refractivity contribution in [2.75, 3.05) is 12.8 Å². The van der Waals surface area contributed by atoms with Crippen LogP contribution in [0.5, 0.6) is 5.75 Å². The lowest BCUT2D eigenvalue weighted by atomic mass is 9.97. The van der Waals surface area contributed by atoms with Crippen LogP contribution in [0, 0.1) is 0 Å². The number of benzene rings is 2. The number of carboxylic acid groups (broad SMARTS) is 1. The van der Waals surface area contributed by atoms with Crippen LogP contribution < -0.4 is 10.5 Å². The number of nitrogen functional groups attached to an aromatic ring is 1. The third kappa shape index (κ3) is 2.68. The number of methoxy groups -OCH3 is 1. The van der Waals surface area contributed by atoms with Crippen molar-refractivity contribution in [3.8, 4) is 5.75 Å². The van der Waals surface area contributed by atoms with E-state index in [2.05, 4.69) is 0 Å². The first-order valence-corrected chi connectivity index (χ1v) is 5.86. The van der Waals surface area contributed by atoms with Crippen LogP contribution >= 0.6 is 0 Å². The highest BCUT2D eigenvalue weighted by Crippen LogP contribution is 2.29. The Balaban J connectivity index is 2.53. The quantitative estimate of drug-likeness (QED) is 0.826. The minimum Gasteiger partial charge on any atom is -0.496 e. The fraction of sp³-hybridized carbons (Fsp3) is 0.133. The standard InChI is InChI=1S/C15H15NO3/c1-19-13-8-7-12(16)14(15(17)18)11(13)9-10-5-3-2-4-6-10/h2-8H,9,16H2,1H3,(H,17,18). The first kappa shape index (κ1) is 13.0.